The summed E-state index contributed by atoms with van der Waals surface area (Å²) in [5.41, 5.74) is 9.52. The van der Waals surface area contributed by atoms with Gasteiger partial charge in [-0.1, -0.05) is 96.0 Å². The quantitative estimate of drug-likeness (QED) is 0.0750. The Morgan fingerprint density at radius 3 is 1.39 bits per heavy atom. The standard InChI is InChI=1S/C28H28ClN2O5P.C26H25ClN2O3.C12H10O3P.C2H6O/c1-4-35-37(34)36-26-10-7-15-31(25-14-11-20(29)17-24(25)26)28(33)23-13-12-21(16-19(23)3)30-27(32)22-9-6-5-8-18(22)2;1-16-6-3-4-7-20(16)25(31)28-19-10-11-21(17(2)14-19)26(32)29-13-5-8-24(30)22-15-18(27)9-12-23(22)29;13-16(14-11-7-3-1-4-8-11)15-12-9-5-2-6-10-12;1-2-3/h5-6,8-9,11-14,16-17,26H,4,7,10,15H2,1-3H3;3-4,6-7,9-12,14-15,24,30H,5,8,13H2,1-2H3,(H,28,31);1-10H;3H,2H2,1H3/q;;+1;/p+1. The molecule has 2 aliphatic rings. The molecule has 2 aliphatic heterocycles. The Labute approximate surface area is 525 Å². The Balaban J connectivity index is 0.000000196. The summed E-state index contributed by atoms with van der Waals surface area (Å²) in [6, 6.07) is 53.7. The molecule has 10 rings (SSSR count). The lowest BCUT2D eigenvalue weighted by atomic mass is 10.0. The van der Waals surface area contributed by atoms with Crippen LogP contribution in [0.15, 0.2) is 182 Å². The molecule has 0 aliphatic carbocycles. The van der Waals surface area contributed by atoms with Crippen LogP contribution < -0.4 is 29.5 Å². The number of anilines is 4. The number of carbonyl (C=O) groups excluding carboxylic acids is 4. The number of aryl methyl sites for hydroxylation is 4. The van der Waals surface area contributed by atoms with Crippen molar-refractivity contribution in [1.29, 1.82) is 0 Å². The first-order chi connectivity index (χ1) is 42.4. The molecule has 0 bridgehead atoms. The van der Waals surface area contributed by atoms with E-state index in [0.29, 0.717) is 116 Å². The van der Waals surface area contributed by atoms with Crippen molar-refractivity contribution in [1.82, 2.24) is 0 Å². The third-order valence-electron chi connectivity index (χ3n) is 14.0. The zero-order valence-electron chi connectivity index (χ0n) is 49.7. The highest BCUT2D eigenvalue weighted by Crippen LogP contribution is 2.43. The maximum Gasteiger partial charge on any atom is 0.805 e. The molecule has 0 saturated carbocycles. The van der Waals surface area contributed by atoms with Crippen LogP contribution in [0.4, 0.5) is 22.7 Å². The number of carbonyl (C=O) groups is 4. The van der Waals surface area contributed by atoms with Crippen molar-refractivity contribution in [2.45, 2.75) is 79.4 Å². The lowest BCUT2D eigenvalue weighted by Gasteiger charge is -2.24. The minimum Gasteiger partial charge on any atom is -0.397 e. The van der Waals surface area contributed by atoms with Gasteiger partial charge in [-0.15, -0.1) is 9.05 Å². The van der Waals surface area contributed by atoms with Crippen molar-refractivity contribution in [3.05, 3.63) is 248 Å². The average molecular weight is 1270 g/mol. The average Bonchev–Trinajstić information content (AvgIpc) is 3.17. The Morgan fingerprint density at radius 1 is 0.523 bits per heavy atom. The summed E-state index contributed by atoms with van der Waals surface area (Å²) >= 11 is 12.4. The van der Waals surface area contributed by atoms with E-state index in [4.69, 9.17) is 46.4 Å². The molecule has 0 aromatic heterocycles. The molecular weight excluding hydrogens is 1200 g/mol. The monoisotopic (exact) mass is 1270 g/mol. The van der Waals surface area contributed by atoms with Crippen LogP contribution in [0.25, 0.3) is 0 Å². The molecule has 0 radical (unpaired) electrons. The fourth-order valence-electron chi connectivity index (χ4n) is 9.73. The molecule has 456 valence electrons. The van der Waals surface area contributed by atoms with Crippen LogP contribution in [0.3, 0.4) is 0 Å². The first-order valence-electron chi connectivity index (χ1n) is 28.6. The van der Waals surface area contributed by atoms with Crippen LogP contribution in [-0.2, 0) is 18.2 Å². The number of amides is 4. The highest BCUT2D eigenvalue weighted by molar-refractivity contribution is 7.34. The number of fused-ring (bicyclic) bond motifs is 2. The molecule has 0 saturated heterocycles. The van der Waals surface area contributed by atoms with E-state index in [1.807, 2.05) is 76.2 Å². The van der Waals surface area contributed by atoms with Gasteiger partial charge in [-0.3, -0.25) is 19.2 Å². The summed E-state index contributed by atoms with van der Waals surface area (Å²) in [6.45, 7) is 12.4. The second-order valence-electron chi connectivity index (χ2n) is 20.3. The summed E-state index contributed by atoms with van der Waals surface area (Å²) < 4.78 is 44.7. The van der Waals surface area contributed by atoms with Crippen molar-refractivity contribution in [3.63, 3.8) is 0 Å². The van der Waals surface area contributed by atoms with Gasteiger partial charge in [0.25, 0.3) is 23.6 Å². The molecule has 88 heavy (non-hydrogen) atoms. The number of hydrogen-bond acceptors (Lipinski definition) is 12. The Morgan fingerprint density at radius 2 is 0.943 bits per heavy atom. The summed E-state index contributed by atoms with van der Waals surface area (Å²) in [7, 11) is -4.47. The predicted octanol–water partition coefficient (Wildman–Crippen LogP) is 16.9. The van der Waals surface area contributed by atoms with Crippen molar-refractivity contribution in [2.24, 2.45) is 0 Å². The third kappa shape index (κ3) is 18.7. The number of aliphatic hydroxyl groups excluding tert-OH is 2. The number of nitrogens with zero attached hydrogens (tertiary/aromatic N) is 2. The van der Waals surface area contributed by atoms with Gasteiger partial charge >= 0.3 is 16.5 Å². The van der Waals surface area contributed by atoms with Gasteiger partial charge in [0, 0.05) is 89.3 Å². The van der Waals surface area contributed by atoms with Crippen molar-refractivity contribution < 1.29 is 56.6 Å². The van der Waals surface area contributed by atoms with E-state index in [1.165, 1.54) is 0 Å². The fourth-order valence-corrected chi connectivity index (χ4v) is 11.4. The van der Waals surface area contributed by atoms with Gasteiger partial charge in [-0.05, 0) is 199 Å². The van der Waals surface area contributed by atoms with E-state index in [0.717, 1.165) is 22.3 Å². The van der Waals surface area contributed by atoms with Crippen LogP contribution in [0.1, 0.15) is 127 Å². The molecule has 8 aromatic rings. The second-order valence-corrected chi connectivity index (χ2v) is 22.9. The Kier molecular flexibility index (Phi) is 25.5. The maximum absolute atomic E-state index is 13.7. The van der Waals surface area contributed by atoms with E-state index in [-0.39, 0.29) is 36.8 Å². The summed E-state index contributed by atoms with van der Waals surface area (Å²) in [6.07, 6.45) is 1.29. The zero-order chi connectivity index (χ0) is 63.3. The summed E-state index contributed by atoms with van der Waals surface area (Å²) in [5, 5.41) is 24.9. The predicted molar refractivity (Wildman–Crippen MR) is 348 cm³/mol. The van der Waals surface area contributed by atoms with Gasteiger partial charge in [0.05, 0.1) is 11.8 Å². The maximum atomic E-state index is 13.7. The highest BCUT2D eigenvalue weighted by atomic mass is 35.5. The molecule has 3 atom stereocenters. The summed E-state index contributed by atoms with van der Waals surface area (Å²) in [4.78, 5) is 55.9. The zero-order valence-corrected chi connectivity index (χ0v) is 53.0. The van der Waals surface area contributed by atoms with Crippen LogP contribution in [0, 0.1) is 27.7 Å². The topological polar surface area (TPSA) is 210 Å². The number of benzene rings is 8. The van der Waals surface area contributed by atoms with Gasteiger partial charge < -0.3 is 30.6 Å². The van der Waals surface area contributed by atoms with Gasteiger partial charge in [0.2, 0.25) is 0 Å². The molecule has 0 spiro atoms. The smallest absolute Gasteiger partial charge is 0.397 e. The van der Waals surface area contributed by atoms with Crippen LogP contribution in [0.5, 0.6) is 11.5 Å². The van der Waals surface area contributed by atoms with Crippen LogP contribution in [0.2, 0.25) is 10.0 Å². The van der Waals surface area contributed by atoms with E-state index in [1.54, 1.807) is 157 Å². The number of nitrogens with one attached hydrogen (secondary N) is 2. The highest BCUT2D eigenvalue weighted by Gasteiger charge is 2.35. The number of para-hydroxylation sites is 2. The van der Waals surface area contributed by atoms with Gasteiger partial charge in [-0.25, -0.2) is 9.05 Å². The third-order valence-corrected chi connectivity index (χ3v) is 16.1. The minimum atomic E-state index is -2.29. The van der Waals surface area contributed by atoms with E-state index in [9.17, 15) is 33.4 Å². The first kappa shape index (κ1) is 67.4. The molecule has 20 heteroatoms. The van der Waals surface area contributed by atoms with E-state index in [2.05, 4.69) is 10.6 Å². The van der Waals surface area contributed by atoms with Crippen LogP contribution in [-0.4, -0.2) is 60.1 Å². The Hall–Kier alpha value is -8.14. The fraction of sp³-hybridized carbons (Fsp3) is 0.235. The Bertz CT molecular complexity index is 3700. The normalized spacial score (nSPS) is 14.1. The minimum absolute atomic E-state index is 0.142. The lowest BCUT2D eigenvalue weighted by Crippen LogP contribution is -2.32. The van der Waals surface area contributed by atoms with Gasteiger partial charge in [0.15, 0.2) is 11.5 Å². The van der Waals surface area contributed by atoms with Crippen molar-refractivity contribution >= 4 is 86.1 Å². The van der Waals surface area contributed by atoms with Crippen LogP contribution >= 0.6 is 39.7 Å². The largest absolute Gasteiger partial charge is 0.805 e. The van der Waals surface area contributed by atoms with Gasteiger partial charge in [0.1, 0.15) is 12.7 Å². The SMILES string of the molecule is CCO.CCO[P+](=O)OC1CCCN(C(=O)c2ccc(NC(=O)c3ccccc3C)cc2C)c2ccc(Cl)cc21.Cc1ccccc1C(=O)Nc1ccc(C(=O)N2CCCC(O)c3cc(Cl)ccc32)c(C)c1.O=[P+](Oc1ccccc1)Oc1ccccc1. The van der Waals surface area contributed by atoms with Crippen molar-refractivity contribution in [3.8, 4) is 11.5 Å². The molecule has 16 nitrogen and oxygen atoms in total. The first-order valence-corrected chi connectivity index (χ1v) is 31.5. The number of rotatable bonds is 14. The van der Waals surface area contributed by atoms with Crippen molar-refractivity contribution in [2.75, 3.05) is 46.7 Å². The molecule has 4 amide bonds. The summed E-state index contributed by atoms with van der Waals surface area (Å²) in [5.74, 6) is 0.351. The molecule has 8 aromatic carbocycles. The van der Waals surface area contributed by atoms with Gasteiger partial charge in [-0.2, -0.15) is 0 Å². The number of halogens is 2. The molecule has 2 heterocycles. The second kappa shape index (κ2) is 33.3. The molecular formula is C68H70Cl2N4O12P2+2. The van der Waals surface area contributed by atoms with E-state index >= 15 is 0 Å². The molecule has 3 unspecified atom stereocenters. The lowest BCUT2D eigenvalue weighted by molar-refractivity contribution is 0.0978. The molecule has 4 N–H and O–H groups in total. The number of hydrogen-bond donors (Lipinski definition) is 4. The molecule has 0 fully saturated rings. The van der Waals surface area contributed by atoms with E-state index < -0.39 is 28.7 Å². The number of aliphatic hydroxyl groups is 2.